The Hall–Kier alpha value is -2.06. The maximum Gasteiger partial charge on any atom is 0.276 e. The van der Waals surface area contributed by atoms with Gasteiger partial charge in [0.1, 0.15) is 5.75 Å². The second kappa shape index (κ2) is 8.16. The lowest BCUT2D eigenvalue weighted by molar-refractivity contribution is -0.134. The number of amides is 1. The number of hydrogen-bond acceptors (Lipinski definition) is 7. The van der Waals surface area contributed by atoms with E-state index in [1.807, 2.05) is 29.2 Å². The molecule has 0 bridgehead atoms. The molecular weight excluding hydrogens is 330 g/mol. The number of morpholine rings is 1. The van der Waals surface area contributed by atoms with Crippen LogP contribution in [0.15, 0.2) is 33.9 Å². The Bertz CT molecular complexity index is 685. The predicted octanol–water partition coefficient (Wildman–Crippen LogP) is 2.09. The van der Waals surface area contributed by atoms with Gasteiger partial charge >= 0.3 is 0 Å². The minimum atomic E-state index is 0.137. The summed E-state index contributed by atoms with van der Waals surface area (Å²) >= 11 is 1.39. The van der Waals surface area contributed by atoms with Crippen molar-refractivity contribution in [3.63, 3.8) is 0 Å². The average Bonchev–Trinajstić information content (AvgIpc) is 3.11. The van der Waals surface area contributed by atoms with E-state index < -0.39 is 0 Å². The summed E-state index contributed by atoms with van der Waals surface area (Å²) < 4.78 is 16.1. The number of carbonyl (C=O) groups excluding carboxylic acids is 1. The summed E-state index contributed by atoms with van der Waals surface area (Å²) in [6.07, 6.45) is 0.446. The van der Waals surface area contributed by atoms with Gasteiger partial charge in [-0.3, -0.25) is 4.79 Å². The average molecular weight is 349 g/mol. The molecule has 0 saturated carbocycles. The molecule has 1 aliphatic rings. The van der Waals surface area contributed by atoms with Gasteiger partial charge in [0.05, 0.1) is 20.3 Å². The molecule has 0 aliphatic carbocycles. The highest BCUT2D eigenvalue weighted by Crippen LogP contribution is 2.26. The summed E-state index contributed by atoms with van der Waals surface area (Å²) in [4.78, 5) is 13.9. The van der Waals surface area contributed by atoms with E-state index in [0.717, 1.165) is 11.3 Å². The van der Waals surface area contributed by atoms with Gasteiger partial charge in [-0.05, 0) is 18.2 Å². The van der Waals surface area contributed by atoms with E-state index >= 15 is 0 Å². The third kappa shape index (κ3) is 4.27. The molecule has 3 rings (SSSR count). The van der Waals surface area contributed by atoms with Gasteiger partial charge in [-0.15, -0.1) is 10.2 Å². The minimum absolute atomic E-state index is 0.137. The summed E-state index contributed by atoms with van der Waals surface area (Å²) in [5.74, 6) is 1.92. The second-order valence-corrected chi connectivity index (χ2v) is 6.24. The Morgan fingerprint density at radius 3 is 2.96 bits per heavy atom. The molecule has 128 valence electrons. The molecule has 24 heavy (non-hydrogen) atoms. The van der Waals surface area contributed by atoms with Gasteiger partial charge in [0, 0.05) is 30.8 Å². The minimum Gasteiger partial charge on any atom is -0.497 e. The number of methoxy groups -OCH3 is 1. The first-order valence-electron chi connectivity index (χ1n) is 7.72. The first kappa shape index (κ1) is 16.8. The molecule has 2 heterocycles. The Kier molecular flexibility index (Phi) is 5.71. The first-order valence-corrected chi connectivity index (χ1v) is 8.71. The Balaban J connectivity index is 1.51. The highest BCUT2D eigenvalue weighted by molar-refractivity contribution is 7.99. The highest BCUT2D eigenvalue weighted by Gasteiger charge is 2.17. The van der Waals surface area contributed by atoms with Crippen LogP contribution in [0.4, 0.5) is 0 Å². The smallest absolute Gasteiger partial charge is 0.276 e. The second-order valence-electron chi connectivity index (χ2n) is 5.20. The zero-order valence-electron chi connectivity index (χ0n) is 13.4. The number of thioether (sulfide) groups is 1. The van der Waals surface area contributed by atoms with Crippen molar-refractivity contribution < 1.29 is 18.7 Å². The SMILES string of the molecule is COc1cccc(-c2nnc(SCCC(=O)N3CCOCC3)o2)c1. The lowest BCUT2D eigenvalue weighted by atomic mass is 10.2. The van der Waals surface area contributed by atoms with Crippen molar-refractivity contribution in [1.29, 1.82) is 0 Å². The van der Waals surface area contributed by atoms with Crippen molar-refractivity contribution in [2.75, 3.05) is 39.2 Å². The Labute approximate surface area is 144 Å². The van der Waals surface area contributed by atoms with Crippen LogP contribution in [0.2, 0.25) is 0 Å². The largest absolute Gasteiger partial charge is 0.497 e. The quantitative estimate of drug-likeness (QED) is 0.739. The van der Waals surface area contributed by atoms with E-state index in [0.29, 0.717) is 49.6 Å². The highest BCUT2D eigenvalue weighted by atomic mass is 32.2. The summed E-state index contributed by atoms with van der Waals surface area (Å²) in [5, 5.41) is 8.52. The fraction of sp³-hybridized carbons (Fsp3) is 0.438. The van der Waals surface area contributed by atoms with Gasteiger partial charge in [-0.1, -0.05) is 17.8 Å². The molecule has 0 spiro atoms. The number of rotatable bonds is 6. The van der Waals surface area contributed by atoms with Crippen molar-refractivity contribution in [3.8, 4) is 17.2 Å². The van der Waals surface area contributed by atoms with Crippen LogP contribution in [-0.2, 0) is 9.53 Å². The van der Waals surface area contributed by atoms with Crippen LogP contribution in [0.1, 0.15) is 6.42 Å². The van der Waals surface area contributed by atoms with Crippen molar-refractivity contribution >= 4 is 17.7 Å². The van der Waals surface area contributed by atoms with Gasteiger partial charge < -0.3 is 18.8 Å². The van der Waals surface area contributed by atoms with E-state index in [2.05, 4.69) is 10.2 Å². The molecule has 0 radical (unpaired) electrons. The monoisotopic (exact) mass is 349 g/mol. The molecule has 0 unspecified atom stereocenters. The Morgan fingerprint density at radius 1 is 1.33 bits per heavy atom. The summed E-state index contributed by atoms with van der Waals surface area (Å²) in [6, 6.07) is 7.44. The molecular formula is C16H19N3O4S. The topological polar surface area (TPSA) is 77.7 Å². The number of benzene rings is 1. The number of carbonyl (C=O) groups is 1. The van der Waals surface area contributed by atoms with Crippen molar-refractivity contribution in [2.45, 2.75) is 11.6 Å². The van der Waals surface area contributed by atoms with Gasteiger partial charge in [-0.2, -0.15) is 0 Å². The van der Waals surface area contributed by atoms with E-state index in [1.54, 1.807) is 7.11 Å². The van der Waals surface area contributed by atoms with Crippen LogP contribution in [0.3, 0.4) is 0 Å². The fourth-order valence-corrected chi connectivity index (χ4v) is 3.03. The molecule has 1 amide bonds. The van der Waals surface area contributed by atoms with Gasteiger partial charge in [0.15, 0.2) is 0 Å². The molecule has 1 saturated heterocycles. The van der Waals surface area contributed by atoms with Crippen LogP contribution in [-0.4, -0.2) is 60.2 Å². The summed E-state index contributed by atoms with van der Waals surface area (Å²) in [6.45, 7) is 2.58. The molecule has 1 fully saturated rings. The first-order chi connectivity index (χ1) is 11.8. The van der Waals surface area contributed by atoms with Crippen LogP contribution >= 0.6 is 11.8 Å². The summed E-state index contributed by atoms with van der Waals surface area (Å²) in [5.41, 5.74) is 0.804. The zero-order valence-corrected chi connectivity index (χ0v) is 14.3. The molecule has 1 aliphatic heterocycles. The lowest BCUT2D eigenvalue weighted by Gasteiger charge is -2.26. The van der Waals surface area contributed by atoms with Crippen LogP contribution in [0, 0.1) is 0 Å². The molecule has 2 aromatic rings. The molecule has 0 atom stereocenters. The molecule has 1 aromatic carbocycles. The maximum atomic E-state index is 12.1. The zero-order chi connectivity index (χ0) is 16.8. The number of hydrogen-bond donors (Lipinski definition) is 0. The fourth-order valence-electron chi connectivity index (χ4n) is 2.34. The number of nitrogens with zero attached hydrogens (tertiary/aromatic N) is 3. The lowest BCUT2D eigenvalue weighted by Crippen LogP contribution is -2.40. The van der Waals surface area contributed by atoms with Gasteiger partial charge in [0.25, 0.3) is 5.22 Å². The van der Waals surface area contributed by atoms with E-state index in [4.69, 9.17) is 13.9 Å². The number of aromatic nitrogens is 2. The van der Waals surface area contributed by atoms with E-state index in [9.17, 15) is 4.79 Å². The van der Waals surface area contributed by atoms with Crippen LogP contribution in [0.25, 0.3) is 11.5 Å². The molecule has 0 N–H and O–H groups in total. The summed E-state index contributed by atoms with van der Waals surface area (Å²) in [7, 11) is 1.61. The molecule has 8 heteroatoms. The predicted molar refractivity (Wildman–Crippen MR) is 89.0 cm³/mol. The van der Waals surface area contributed by atoms with Gasteiger partial charge in [-0.25, -0.2) is 0 Å². The van der Waals surface area contributed by atoms with Crippen molar-refractivity contribution in [1.82, 2.24) is 15.1 Å². The molecule has 1 aromatic heterocycles. The van der Waals surface area contributed by atoms with Crippen LogP contribution < -0.4 is 4.74 Å². The Morgan fingerprint density at radius 2 is 2.17 bits per heavy atom. The normalized spacial score (nSPS) is 14.6. The van der Waals surface area contributed by atoms with Crippen molar-refractivity contribution in [2.24, 2.45) is 0 Å². The van der Waals surface area contributed by atoms with Crippen LogP contribution in [0.5, 0.6) is 5.75 Å². The third-order valence-electron chi connectivity index (χ3n) is 3.63. The number of ether oxygens (including phenoxy) is 2. The van der Waals surface area contributed by atoms with E-state index in [1.165, 1.54) is 11.8 Å². The molecule has 7 nitrogen and oxygen atoms in total. The standard InChI is InChI=1S/C16H19N3O4S/c1-21-13-4-2-3-12(11-13)15-17-18-16(23-15)24-10-5-14(20)19-6-8-22-9-7-19/h2-4,11H,5-10H2,1H3. The van der Waals surface area contributed by atoms with Gasteiger partial charge in [0.2, 0.25) is 11.8 Å². The third-order valence-corrected chi connectivity index (χ3v) is 4.45. The van der Waals surface area contributed by atoms with Crippen molar-refractivity contribution in [3.05, 3.63) is 24.3 Å². The maximum absolute atomic E-state index is 12.1. The van der Waals surface area contributed by atoms with E-state index in [-0.39, 0.29) is 5.91 Å².